The summed E-state index contributed by atoms with van der Waals surface area (Å²) in [5.74, 6) is 0.478. The fourth-order valence-electron chi connectivity index (χ4n) is 2.64. The number of nitrogens with zero attached hydrogens (tertiary/aromatic N) is 1. The molecule has 0 bridgehead atoms. The minimum absolute atomic E-state index is 0.0686. The quantitative estimate of drug-likeness (QED) is 0.913. The number of benzene rings is 1. The summed E-state index contributed by atoms with van der Waals surface area (Å²) in [6.45, 7) is 5.89. The zero-order chi connectivity index (χ0) is 17.0. The number of nitrogens with one attached hydrogen (secondary N) is 1. The van der Waals surface area contributed by atoms with Crippen LogP contribution in [0.2, 0.25) is 0 Å². The van der Waals surface area contributed by atoms with Crippen LogP contribution in [0.15, 0.2) is 29.2 Å². The van der Waals surface area contributed by atoms with E-state index in [9.17, 15) is 13.2 Å². The van der Waals surface area contributed by atoms with Gasteiger partial charge in [-0.1, -0.05) is 13.8 Å². The van der Waals surface area contributed by atoms with Crippen LogP contribution < -0.4 is 5.32 Å². The van der Waals surface area contributed by atoms with Crippen LogP contribution >= 0.6 is 0 Å². The van der Waals surface area contributed by atoms with Crippen molar-refractivity contribution in [1.29, 1.82) is 0 Å². The third-order valence-corrected chi connectivity index (χ3v) is 4.89. The van der Waals surface area contributed by atoms with E-state index in [1.165, 1.54) is 12.1 Å². The van der Waals surface area contributed by atoms with Crippen molar-refractivity contribution in [2.75, 3.05) is 31.3 Å². The predicted octanol–water partition coefficient (Wildman–Crippen LogP) is 2.37. The SMILES string of the molecule is CC(C)CC1COCCN1C(=O)Nc1ccc(S(C)(=O)=O)cc1. The number of hydrogen-bond donors (Lipinski definition) is 1. The van der Waals surface area contributed by atoms with E-state index in [0.717, 1.165) is 12.7 Å². The van der Waals surface area contributed by atoms with Crippen LogP contribution in [-0.2, 0) is 14.6 Å². The van der Waals surface area contributed by atoms with Crippen LogP contribution in [0.4, 0.5) is 10.5 Å². The lowest BCUT2D eigenvalue weighted by molar-refractivity contribution is 0.00857. The third-order valence-electron chi connectivity index (χ3n) is 3.77. The Kier molecular flexibility index (Phi) is 5.64. The maximum atomic E-state index is 12.5. The van der Waals surface area contributed by atoms with Crippen molar-refractivity contribution in [2.45, 2.75) is 31.2 Å². The van der Waals surface area contributed by atoms with Gasteiger partial charge in [0.2, 0.25) is 0 Å². The Morgan fingerprint density at radius 3 is 2.57 bits per heavy atom. The Labute approximate surface area is 137 Å². The second kappa shape index (κ2) is 7.31. The number of rotatable bonds is 4. The van der Waals surface area contributed by atoms with E-state index in [2.05, 4.69) is 19.2 Å². The highest BCUT2D eigenvalue weighted by atomic mass is 32.2. The molecule has 0 radical (unpaired) electrons. The molecule has 7 heteroatoms. The van der Waals surface area contributed by atoms with Crippen molar-refractivity contribution in [1.82, 2.24) is 4.90 Å². The molecule has 1 unspecified atom stereocenters. The molecule has 128 valence electrons. The number of anilines is 1. The summed E-state index contributed by atoms with van der Waals surface area (Å²) in [6.07, 6.45) is 2.05. The van der Waals surface area contributed by atoms with Gasteiger partial charge in [0, 0.05) is 18.5 Å². The number of sulfone groups is 1. The molecule has 1 aliphatic rings. The Hall–Kier alpha value is -1.60. The van der Waals surface area contributed by atoms with Gasteiger partial charge >= 0.3 is 6.03 Å². The van der Waals surface area contributed by atoms with Crippen LogP contribution in [0.3, 0.4) is 0 Å². The van der Waals surface area contributed by atoms with Gasteiger partial charge in [0.15, 0.2) is 9.84 Å². The van der Waals surface area contributed by atoms with Crippen molar-refractivity contribution in [3.63, 3.8) is 0 Å². The standard InChI is InChI=1S/C16H24N2O4S/c1-12(2)10-14-11-22-9-8-18(14)16(19)17-13-4-6-15(7-5-13)23(3,20)21/h4-7,12,14H,8-11H2,1-3H3,(H,17,19). The van der Waals surface area contributed by atoms with E-state index in [4.69, 9.17) is 4.74 Å². The zero-order valence-electron chi connectivity index (χ0n) is 13.8. The molecule has 1 aromatic rings. The highest BCUT2D eigenvalue weighted by molar-refractivity contribution is 7.90. The van der Waals surface area contributed by atoms with Crippen molar-refractivity contribution in [3.8, 4) is 0 Å². The molecule has 1 atom stereocenters. The molecular formula is C16H24N2O4S. The Morgan fingerprint density at radius 1 is 1.35 bits per heavy atom. The van der Waals surface area contributed by atoms with Gasteiger partial charge in [-0.2, -0.15) is 0 Å². The summed E-state index contributed by atoms with van der Waals surface area (Å²) >= 11 is 0. The first-order valence-corrected chi connectivity index (χ1v) is 9.62. The fraction of sp³-hybridized carbons (Fsp3) is 0.562. The van der Waals surface area contributed by atoms with Crippen LogP contribution in [0.5, 0.6) is 0 Å². The second-order valence-corrected chi connectivity index (χ2v) is 8.29. The topological polar surface area (TPSA) is 75.7 Å². The number of carbonyl (C=O) groups is 1. The average molecular weight is 340 g/mol. The molecule has 0 saturated carbocycles. The van der Waals surface area contributed by atoms with Gasteiger partial charge in [-0.3, -0.25) is 0 Å². The van der Waals surface area contributed by atoms with E-state index >= 15 is 0 Å². The highest BCUT2D eigenvalue weighted by Crippen LogP contribution is 2.18. The molecule has 1 aromatic carbocycles. The lowest BCUT2D eigenvalue weighted by Gasteiger charge is -2.36. The molecule has 0 aliphatic carbocycles. The van der Waals surface area contributed by atoms with E-state index < -0.39 is 9.84 Å². The molecular weight excluding hydrogens is 316 g/mol. The monoisotopic (exact) mass is 340 g/mol. The summed E-state index contributed by atoms with van der Waals surface area (Å²) < 4.78 is 28.4. The molecule has 2 amide bonds. The molecule has 1 aliphatic heterocycles. The van der Waals surface area contributed by atoms with Crippen molar-refractivity contribution in [2.24, 2.45) is 5.92 Å². The van der Waals surface area contributed by atoms with E-state index in [0.29, 0.717) is 31.4 Å². The number of amides is 2. The second-order valence-electron chi connectivity index (χ2n) is 6.28. The van der Waals surface area contributed by atoms with Crippen molar-refractivity contribution < 1.29 is 17.9 Å². The van der Waals surface area contributed by atoms with Gasteiger partial charge in [-0.15, -0.1) is 0 Å². The van der Waals surface area contributed by atoms with Gasteiger partial charge in [0.25, 0.3) is 0 Å². The molecule has 1 saturated heterocycles. The lowest BCUT2D eigenvalue weighted by Crippen LogP contribution is -2.50. The Bertz CT molecular complexity index is 641. The molecule has 23 heavy (non-hydrogen) atoms. The van der Waals surface area contributed by atoms with Crippen molar-refractivity contribution >= 4 is 21.6 Å². The fourth-order valence-corrected chi connectivity index (χ4v) is 3.27. The molecule has 1 fully saturated rings. The molecule has 6 nitrogen and oxygen atoms in total. The van der Waals surface area contributed by atoms with Gasteiger partial charge in [-0.05, 0) is 36.6 Å². The summed E-state index contributed by atoms with van der Waals surface area (Å²) in [7, 11) is -3.23. The zero-order valence-corrected chi connectivity index (χ0v) is 14.6. The number of carbonyl (C=O) groups excluding carboxylic acids is 1. The summed E-state index contributed by atoms with van der Waals surface area (Å²) in [5, 5.41) is 2.83. The summed E-state index contributed by atoms with van der Waals surface area (Å²) in [4.78, 5) is 14.5. The minimum Gasteiger partial charge on any atom is -0.377 e. The number of morpholine rings is 1. The molecule has 0 spiro atoms. The van der Waals surface area contributed by atoms with Crippen molar-refractivity contribution in [3.05, 3.63) is 24.3 Å². The first kappa shape index (κ1) is 17.7. The smallest absolute Gasteiger partial charge is 0.322 e. The molecule has 1 heterocycles. The first-order chi connectivity index (χ1) is 10.8. The van der Waals surface area contributed by atoms with Crippen LogP contribution in [0.25, 0.3) is 0 Å². The molecule has 1 N–H and O–H groups in total. The van der Waals surface area contributed by atoms with E-state index in [1.54, 1.807) is 17.0 Å². The normalized spacial score (nSPS) is 19.0. The molecule has 2 rings (SSSR count). The van der Waals surface area contributed by atoms with Gasteiger partial charge in [0.05, 0.1) is 24.2 Å². The number of ether oxygens (including phenoxy) is 1. The largest absolute Gasteiger partial charge is 0.377 e. The maximum Gasteiger partial charge on any atom is 0.322 e. The van der Waals surface area contributed by atoms with Crippen LogP contribution in [-0.4, -0.2) is 51.4 Å². The average Bonchev–Trinajstić information content (AvgIpc) is 2.46. The minimum atomic E-state index is -3.23. The highest BCUT2D eigenvalue weighted by Gasteiger charge is 2.27. The number of hydrogen-bond acceptors (Lipinski definition) is 4. The van der Waals surface area contributed by atoms with Gasteiger partial charge in [0.1, 0.15) is 0 Å². The maximum absolute atomic E-state index is 12.5. The van der Waals surface area contributed by atoms with Gasteiger partial charge in [-0.25, -0.2) is 13.2 Å². The van der Waals surface area contributed by atoms with Crippen LogP contribution in [0, 0.1) is 5.92 Å². The summed E-state index contributed by atoms with van der Waals surface area (Å²) in [5.41, 5.74) is 0.581. The van der Waals surface area contributed by atoms with Crippen LogP contribution in [0.1, 0.15) is 20.3 Å². The molecule has 0 aromatic heterocycles. The lowest BCUT2D eigenvalue weighted by atomic mass is 10.0. The predicted molar refractivity (Wildman–Crippen MR) is 89.3 cm³/mol. The first-order valence-electron chi connectivity index (χ1n) is 7.73. The Balaban J connectivity index is 2.05. The summed E-state index contributed by atoms with van der Waals surface area (Å²) in [6, 6.07) is 6.09. The van der Waals surface area contributed by atoms with E-state index in [-0.39, 0.29) is 17.0 Å². The third kappa shape index (κ3) is 4.94. The van der Waals surface area contributed by atoms with E-state index in [1.807, 2.05) is 0 Å². The number of urea groups is 1. The van der Waals surface area contributed by atoms with Gasteiger partial charge < -0.3 is 15.0 Å². The Morgan fingerprint density at radius 2 is 2.00 bits per heavy atom.